The molecule has 0 radical (unpaired) electrons. The van der Waals surface area contributed by atoms with E-state index in [4.69, 9.17) is 0 Å². The van der Waals surface area contributed by atoms with Crippen LogP contribution in [-0.2, 0) is 0 Å². The molecule has 1 aliphatic rings. The highest BCUT2D eigenvalue weighted by molar-refractivity contribution is 6.27. The van der Waals surface area contributed by atoms with Gasteiger partial charge in [-0.05, 0) is 31.2 Å². The largest absolute Gasteiger partial charge is 0.296 e. The van der Waals surface area contributed by atoms with Crippen LogP contribution in [0, 0.1) is 6.92 Å². The van der Waals surface area contributed by atoms with E-state index in [-0.39, 0.29) is 17.3 Å². The SMILES string of the molecule is Cc1ccc2c(c1)C(=O)c1nc3ccccn3c1C2=O. The number of pyridine rings is 1. The topological polar surface area (TPSA) is 51.4 Å². The van der Waals surface area contributed by atoms with Gasteiger partial charge in [-0.3, -0.25) is 14.0 Å². The van der Waals surface area contributed by atoms with Crippen LogP contribution >= 0.6 is 0 Å². The van der Waals surface area contributed by atoms with E-state index in [1.165, 1.54) is 0 Å². The fraction of sp³-hybridized carbons (Fsp3) is 0.0625. The number of fused-ring (bicyclic) bond motifs is 4. The third-order valence-corrected chi connectivity index (χ3v) is 3.62. The van der Waals surface area contributed by atoms with E-state index in [2.05, 4.69) is 4.98 Å². The summed E-state index contributed by atoms with van der Waals surface area (Å²) in [7, 11) is 0. The highest BCUT2D eigenvalue weighted by atomic mass is 16.1. The number of rotatable bonds is 0. The van der Waals surface area contributed by atoms with Gasteiger partial charge in [0.2, 0.25) is 11.6 Å². The van der Waals surface area contributed by atoms with Gasteiger partial charge in [-0.25, -0.2) is 4.98 Å². The van der Waals surface area contributed by atoms with Crippen molar-refractivity contribution in [3.63, 3.8) is 0 Å². The first-order chi connectivity index (χ1) is 9.66. The molecule has 4 nitrogen and oxygen atoms in total. The number of ketones is 2. The second-order valence-electron chi connectivity index (χ2n) is 4.95. The van der Waals surface area contributed by atoms with Crippen LogP contribution in [-0.4, -0.2) is 21.0 Å². The first-order valence-electron chi connectivity index (χ1n) is 6.34. The van der Waals surface area contributed by atoms with Crippen LogP contribution < -0.4 is 0 Å². The van der Waals surface area contributed by atoms with Gasteiger partial charge in [0, 0.05) is 17.3 Å². The van der Waals surface area contributed by atoms with Crippen molar-refractivity contribution in [3.8, 4) is 0 Å². The summed E-state index contributed by atoms with van der Waals surface area (Å²) >= 11 is 0. The highest BCUT2D eigenvalue weighted by Crippen LogP contribution is 2.28. The van der Waals surface area contributed by atoms with E-state index < -0.39 is 0 Å². The van der Waals surface area contributed by atoms with Gasteiger partial charge in [0.15, 0.2) is 0 Å². The maximum atomic E-state index is 12.6. The van der Waals surface area contributed by atoms with E-state index in [9.17, 15) is 9.59 Å². The molecule has 0 aliphatic heterocycles. The lowest BCUT2D eigenvalue weighted by molar-refractivity contribution is 0.0973. The van der Waals surface area contributed by atoms with Crippen molar-refractivity contribution in [3.05, 3.63) is 70.7 Å². The molecule has 0 bridgehead atoms. The number of carbonyl (C=O) groups is 2. The number of aromatic nitrogens is 2. The Bertz CT molecular complexity index is 906. The number of nitrogens with zero attached hydrogens (tertiary/aromatic N) is 2. The molecular formula is C16H10N2O2. The Morgan fingerprint density at radius 3 is 2.70 bits per heavy atom. The molecule has 1 aliphatic carbocycles. The van der Waals surface area contributed by atoms with Crippen molar-refractivity contribution >= 4 is 17.2 Å². The zero-order valence-corrected chi connectivity index (χ0v) is 10.8. The smallest absolute Gasteiger partial charge is 0.214 e. The lowest BCUT2D eigenvalue weighted by Crippen LogP contribution is -2.21. The minimum Gasteiger partial charge on any atom is -0.296 e. The molecule has 0 unspecified atom stereocenters. The molecule has 0 fully saturated rings. The van der Waals surface area contributed by atoms with Crippen LogP contribution in [0.4, 0.5) is 0 Å². The van der Waals surface area contributed by atoms with Gasteiger partial charge in [-0.1, -0.05) is 17.7 Å². The third-order valence-electron chi connectivity index (χ3n) is 3.62. The summed E-state index contributed by atoms with van der Waals surface area (Å²) in [5, 5.41) is 0. The van der Waals surface area contributed by atoms with Crippen LogP contribution in [0.15, 0.2) is 42.6 Å². The van der Waals surface area contributed by atoms with Crippen molar-refractivity contribution in [2.45, 2.75) is 6.92 Å². The van der Waals surface area contributed by atoms with E-state index >= 15 is 0 Å². The van der Waals surface area contributed by atoms with Gasteiger partial charge in [0.25, 0.3) is 0 Å². The predicted octanol–water partition coefficient (Wildman–Crippen LogP) is 2.42. The lowest BCUT2D eigenvalue weighted by Gasteiger charge is -2.14. The zero-order chi connectivity index (χ0) is 13.9. The van der Waals surface area contributed by atoms with Crippen molar-refractivity contribution < 1.29 is 9.59 Å². The number of aryl methyl sites for hydroxylation is 1. The molecule has 3 aromatic rings. The Balaban J connectivity index is 2.11. The van der Waals surface area contributed by atoms with E-state index in [1.54, 1.807) is 28.8 Å². The average Bonchev–Trinajstić information content (AvgIpc) is 2.84. The first-order valence-corrected chi connectivity index (χ1v) is 6.34. The Kier molecular flexibility index (Phi) is 2.02. The first kappa shape index (κ1) is 11.1. The van der Waals surface area contributed by atoms with Crippen LogP contribution in [0.25, 0.3) is 5.65 Å². The number of benzene rings is 1. The summed E-state index contributed by atoms with van der Waals surface area (Å²) in [6.45, 7) is 1.90. The fourth-order valence-electron chi connectivity index (χ4n) is 2.67. The van der Waals surface area contributed by atoms with E-state index in [0.717, 1.165) is 5.56 Å². The van der Waals surface area contributed by atoms with Crippen molar-refractivity contribution in [1.82, 2.24) is 9.38 Å². The predicted molar refractivity (Wildman–Crippen MR) is 73.2 cm³/mol. The number of carbonyl (C=O) groups excluding carboxylic acids is 2. The van der Waals surface area contributed by atoms with Crippen LogP contribution in [0.1, 0.15) is 37.7 Å². The Hall–Kier alpha value is -2.75. The molecule has 1 aromatic carbocycles. The van der Waals surface area contributed by atoms with Gasteiger partial charge in [0.1, 0.15) is 17.0 Å². The summed E-state index contributed by atoms with van der Waals surface area (Å²) in [5.41, 5.74) is 3.09. The molecule has 0 atom stereocenters. The van der Waals surface area contributed by atoms with Gasteiger partial charge in [-0.15, -0.1) is 0 Å². The number of hydrogen-bond donors (Lipinski definition) is 0. The summed E-state index contributed by atoms with van der Waals surface area (Å²) < 4.78 is 1.68. The Morgan fingerprint density at radius 1 is 1.00 bits per heavy atom. The second kappa shape index (κ2) is 3.63. The highest BCUT2D eigenvalue weighted by Gasteiger charge is 2.33. The molecule has 0 spiro atoms. The lowest BCUT2D eigenvalue weighted by atomic mass is 9.89. The maximum absolute atomic E-state index is 12.6. The fourth-order valence-corrected chi connectivity index (χ4v) is 2.67. The monoisotopic (exact) mass is 262 g/mol. The van der Waals surface area contributed by atoms with E-state index in [1.807, 2.05) is 25.1 Å². The molecule has 0 saturated heterocycles. The maximum Gasteiger partial charge on any atom is 0.214 e. The molecule has 2 heterocycles. The van der Waals surface area contributed by atoms with Crippen molar-refractivity contribution in [2.75, 3.05) is 0 Å². The Morgan fingerprint density at radius 2 is 1.85 bits per heavy atom. The number of imidazole rings is 1. The van der Waals surface area contributed by atoms with Crippen LogP contribution in [0.5, 0.6) is 0 Å². The molecule has 4 rings (SSSR count). The van der Waals surface area contributed by atoms with Crippen molar-refractivity contribution in [2.24, 2.45) is 0 Å². The minimum atomic E-state index is -0.179. The van der Waals surface area contributed by atoms with Crippen LogP contribution in [0.3, 0.4) is 0 Å². The molecular weight excluding hydrogens is 252 g/mol. The molecule has 96 valence electrons. The molecule has 0 N–H and O–H groups in total. The zero-order valence-electron chi connectivity index (χ0n) is 10.8. The van der Waals surface area contributed by atoms with Gasteiger partial charge in [0.05, 0.1) is 0 Å². The second-order valence-corrected chi connectivity index (χ2v) is 4.95. The molecule has 2 aromatic heterocycles. The number of hydrogen-bond acceptors (Lipinski definition) is 3. The normalized spacial score (nSPS) is 13.4. The molecule has 0 amide bonds. The summed E-state index contributed by atoms with van der Waals surface area (Å²) in [6, 6.07) is 10.8. The average molecular weight is 262 g/mol. The summed E-state index contributed by atoms with van der Waals surface area (Å²) in [5.74, 6) is -0.324. The minimum absolute atomic E-state index is 0.145. The molecule has 0 saturated carbocycles. The standard InChI is InChI=1S/C16H10N2O2/c1-9-5-6-10-11(8-9)15(19)13-14(16(10)20)18-7-3-2-4-12(18)17-13/h2-8H,1H3. The summed E-state index contributed by atoms with van der Waals surface area (Å²) in [6.07, 6.45) is 1.76. The van der Waals surface area contributed by atoms with Crippen LogP contribution in [0.2, 0.25) is 0 Å². The van der Waals surface area contributed by atoms with Gasteiger partial charge >= 0.3 is 0 Å². The quantitative estimate of drug-likeness (QED) is 0.489. The van der Waals surface area contributed by atoms with Crippen molar-refractivity contribution in [1.29, 1.82) is 0 Å². The molecule has 20 heavy (non-hydrogen) atoms. The molecule has 4 heteroatoms. The van der Waals surface area contributed by atoms with Gasteiger partial charge in [-0.2, -0.15) is 0 Å². The summed E-state index contributed by atoms with van der Waals surface area (Å²) in [4.78, 5) is 29.5. The third kappa shape index (κ3) is 1.28. The Labute approximate surface area is 114 Å². The van der Waals surface area contributed by atoms with E-state index in [0.29, 0.717) is 22.5 Å². The van der Waals surface area contributed by atoms with Gasteiger partial charge < -0.3 is 0 Å².